The predicted molar refractivity (Wildman–Crippen MR) is 167 cm³/mol. The van der Waals surface area contributed by atoms with Crippen molar-refractivity contribution in [1.82, 2.24) is 14.9 Å². The largest absolute Gasteiger partial charge is 0.468 e. The van der Waals surface area contributed by atoms with Gasteiger partial charge in [-0.05, 0) is 76.1 Å². The van der Waals surface area contributed by atoms with Gasteiger partial charge in [-0.3, -0.25) is 29.5 Å². The van der Waals surface area contributed by atoms with E-state index in [9.17, 15) is 24.5 Å². The molecule has 0 bridgehead atoms. The number of esters is 2. The first kappa shape index (κ1) is 32.7. The quantitative estimate of drug-likeness (QED) is 0.113. The minimum Gasteiger partial charge on any atom is -0.468 e. The Labute approximate surface area is 261 Å². The van der Waals surface area contributed by atoms with Gasteiger partial charge in [-0.25, -0.2) is 10.0 Å². The lowest BCUT2D eigenvalue weighted by atomic mass is 9.72. The van der Waals surface area contributed by atoms with Crippen LogP contribution in [0.25, 0.3) is 0 Å². The highest BCUT2D eigenvalue weighted by Gasteiger charge is 2.45. The number of nitro groups is 1. The first-order valence-corrected chi connectivity index (χ1v) is 14.9. The third-order valence-corrected chi connectivity index (χ3v) is 8.64. The van der Waals surface area contributed by atoms with Gasteiger partial charge in [0.05, 0.1) is 30.1 Å². The number of non-ortho nitro benzene ring substituents is 1. The maximum Gasteiger partial charge on any atom is 0.316 e. The predicted octanol–water partition coefficient (Wildman–Crippen LogP) is 3.85. The number of nitrogens with zero attached hydrogens (tertiary/aromatic N) is 5. The van der Waals surface area contributed by atoms with Crippen molar-refractivity contribution in [2.24, 2.45) is 10.9 Å². The van der Waals surface area contributed by atoms with E-state index in [1.807, 2.05) is 37.3 Å². The molecule has 2 heterocycles. The second-order valence-electron chi connectivity index (χ2n) is 10.8. The van der Waals surface area contributed by atoms with Crippen LogP contribution in [0.5, 0.6) is 0 Å². The summed E-state index contributed by atoms with van der Waals surface area (Å²) in [4.78, 5) is 55.9. The molecule has 13 heteroatoms. The zero-order valence-corrected chi connectivity index (χ0v) is 25.9. The number of hydrogen-bond acceptors (Lipinski definition) is 9. The number of thiocarbonyl (C=S) groups is 1. The van der Waals surface area contributed by atoms with Crippen LogP contribution in [-0.4, -0.2) is 88.9 Å². The molecule has 0 aromatic heterocycles. The maximum atomic E-state index is 13.1. The molecule has 1 amide bonds. The Kier molecular flexibility index (Phi) is 10.8. The highest BCUT2D eigenvalue weighted by Crippen LogP contribution is 2.38. The summed E-state index contributed by atoms with van der Waals surface area (Å²) in [7, 11) is 1.27. The van der Waals surface area contributed by atoms with Gasteiger partial charge >= 0.3 is 11.9 Å². The number of rotatable bonds is 12. The Balaban J connectivity index is 1.49. The molecular formula is C31H37N5O7S. The van der Waals surface area contributed by atoms with Crippen molar-refractivity contribution >= 4 is 47.1 Å². The fraction of sp³-hybridized carbons (Fsp3) is 0.452. The Morgan fingerprint density at radius 1 is 1.16 bits per heavy atom. The van der Waals surface area contributed by atoms with Crippen LogP contribution in [0.2, 0.25) is 0 Å². The molecule has 234 valence electrons. The average Bonchev–Trinajstić information content (AvgIpc) is 3.03. The molecule has 0 aliphatic carbocycles. The van der Waals surface area contributed by atoms with Gasteiger partial charge in [0.15, 0.2) is 0 Å². The fourth-order valence-corrected chi connectivity index (χ4v) is 6.41. The monoisotopic (exact) mass is 623 g/mol. The lowest BCUT2D eigenvalue weighted by molar-refractivity contribution is -0.384. The number of piperidine rings is 1. The highest BCUT2D eigenvalue weighted by atomic mass is 32.1. The van der Waals surface area contributed by atoms with E-state index in [0.29, 0.717) is 63.2 Å². The van der Waals surface area contributed by atoms with Gasteiger partial charge in [-0.2, -0.15) is 0 Å². The van der Waals surface area contributed by atoms with E-state index in [1.54, 1.807) is 19.1 Å². The van der Waals surface area contributed by atoms with Crippen LogP contribution in [-0.2, 0) is 29.3 Å². The molecule has 44 heavy (non-hydrogen) atoms. The van der Waals surface area contributed by atoms with Crippen LogP contribution >= 0.6 is 12.2 Å². The molecule has 2 unspecified atom stereocenters. The van der Waals surface area contributed by atoms with Gasteiger partial charge in [0.2, 0.25) is 11.5 Å². The number of aliphatic imine (C=N–C) groups is 1. The SMILES string of the molecule is CCOC(=O)C1(c2ccccc2)CCN(CCCN(C=O)N2C(=S)N=C(C)C(C(=O)OC)C2c2ccc([N+](=O)[O-])cc2)CC1. The summed E-state index contributed by atoms with van der Waals surface area (Å²) in [6, 6.07) is 14.7. The zero-order valence-electron chi connectivity index (χ0n) is 25.1. The molecule has 0 saturated carbocycles. The molecule has 0 N–H and O–H groups in total. The van der Waals surface area contributed by atoms with Crippen LogP contribution < -0.4 is 0 Å². The first-order chi connectivity index (χ1) is 21.2. The molecule has 2 aliphatic rings. The summed E-state index contributed by atoms with van der Waals surface area (Å²) < 4.78 is 10.6. The summed E-state index contributed by atoms with van der Waals surface area (Å²) in [6.45, 7) is 6.07. The third-order valence-electron chi connectivity index (χ3n) is 8.36. The van der Waals surface area contributed by atoms with Gasteiger partial charge in [-0.15, -0.1) is 0 Å². The number of ether oxygens (including phenoxy) is 2. The standard InChI is InChI=1S/C31H37N5O7S/c1-4-43-29(39)31(24-9-6-5-7-10-24)15-19-33(20-16-31)17-8-18-34(21-37)35-27(23-11-13-25(14-12-23)36(40)41)26(28(38)42-3)22(2)32-30(35)44/h5-7,9-14,21,26-27H,4,8,15-20H2,1-3H3. The summed E-state index contributed by atoms with van der Waals surface area (Å²) in [5.74, 6) is -1.67. The molecule has 2 aliphatic heterocycles. The highest BCUT2D eigenvalue weighted by molar-refractivity contribution is 7.80. The average molecular weight is 624 g/mol. The topological polar surface area (TPSA) is 135 Å². The van der Waals surface area contributed by atoms with Gasteiger partial charge in [0.1, 0.15) is 5.92 Å². The number of amides is 1. The molecule has 2 aromatic rings. The second-order valence-corrected chi connectivity index (χ2v) is 11.2. The molecule has 4 rings (SSSR count). The number of hydrazine groups is 1. The number of carbonyl (C=O) groups excluding carboxylic acids is 3. The Morgan fingerprint density at radius 3 is 2.39 bits per heavy atom. The van der Waals surface area contributed by atoms with E-state index in [1.165, 1.54) is 29.3 Å². The lowest BCUT2D eigenvalue weighted by Crippen LogP contribution is -2.54. The Hall–Kier alpha value is -4.23. The summed E-state index contributed by atoms with van der Waals surface area (Å²) in [5.41, 5.74) is 1.12. The van der Waals surface area contributed by atoms with E-state index in [2.05, 4.69) is 9.89 Å². The number of likely N-dealkylation sites (tertiary alicyclic amines) is 1. The second kappa shape index (κ2) is 14.5. The summed E-state index contributed by atoms with van der Waals surface area (Å²) in [6.07, 6.45) is 2.45. The molecule has 0 radical (unpaired) electrons. The molecule has 1 saturated heterocycles. The number of carbonyl (C=O) groups is 3. The minimum absolute atomic E-state index is 0.0955. The molecule has 0 spiro atoms. The van der Waals surface area contributed by atoms with Crippen molar-refractivity contribution in [1.29, 1.82) is 0 Å². The van der Waals surface area contributed by atoms with Crippen molar-refractivity contribution in [2.45, 2.75) is 44.6 Å². The maximum absolute atomic E-state index is 13.1. The van der Waals surface area contributed by atoms with E-state index in [-0.39, 0.29) is 23.3 Å². The van der Waals surface area contributed by atoms with E-state index >= 15 is 0 Å². The molecule has 12 nitrogen and oxygen atoms in total. The van der Waals surface area contributed by atoms with Crippen molar-refractivity contribution in [2.75, 3.05) is 39.9 Å². The van der Waals surface area contributed by atoms with E-state index in [0.717, 1.165) is 5.56 Å². The van der Waals surface area contributed by atoms with Crippen LogP contribution in [0.1, 0.15) is 50.3 Å². The number of nitro benzene ring substituents is 1. The van der Waals surface area contributed by atoms with Crippen molar-refractivity contribution in [3.8, 4) is 0 Å². The van der Waals surface area contributed by atoms with Gasteiger partial charge in [0, 0.05) is 24.4 Å². The Morgan fingerprint density at radius 2 is 1.82 bits per heavy atom. The van der Waals surface area contributed by atoms with Gasteiger partial charge in [-0.1, -0.05) is 42.5 Å². The van der Waals surface area contributed by atoms with Gasteiger partial charge in [0.25, 0.3) is 5.69 Å². The molecule has 2 aromatic carbocycles. The number of methoxy groups -OCH3 is 1. The Bertz CT molecular complexity index is 1390. The van der Waals surface area contributed by atoms with Crippen LogP contribution in [0.3, 0.4) is 0 Å². The number of hydrogen-bond donors (Lipinski definition) is 0. The fourth-order valence-electron chi connectivity index (χ4n) is 6.05. The normalized spacial score (nSPS) is 19.9. The van der Waals surface area contributed by atoms with E-state index < -0.39 is 28.3 Å². The van der Waals surface area contributed by atoms with Crippen molar-refractivity contribution in [3.05, 3.63) is 75.8 Å². The molecule has 1 fully saturated rings. The van der Waals surface area contributed by atoms with Crippen LogP contribution in [0, 0.1) is 16.0 Å². The van der Waals surface area contributed by atoms with Gasteiger partial charge < -0.3 is 14.4 Å². The summed E-state index contributed by atoms with van der Waals surface area (Å²) >= 11 is 5.58. The number of benzene rings is 2. The van der Waals surface area contributed by atoms with Crippen molar-refractivity contribution < 1.29 is 28.8 Å². The minimum atomic E-state index is -0.897. The molecular weight excluding hydrogens is 586 g/mol. The van der Waals surface area contributed by atoms with Crippen molar-refractivity contribution in [3.63, 3.8) is 0 Å². The smallest absolute Gasteiger partial charge is 0.316 e. The van der Waals surface area contributed by atoms with E-state index in [4.69, 9.17) is 21.7 Å². The lowest BCUT2D eigenvalue weighted by Gasteiger charge is -2.44. The van der Waals surface area contributed by atoms with Crippen LogP contribution in [0.15, 0.2) is 59.6 Å². The summed E-state index contributed by atoms with van der Waals surface area (Å²) in [5, 5.41) is 14.2. The first-order valence-electron chi connectivity index (χ1n) is 14.5. The third kappa shape index (κ3) is 6.78. The molecule has 2 atom stereocenters. The zero-order chi connectivity index (χ0) is 31.9. The van der Waals surface area contributed by atoms with Crippen LogP contribution in [0.4, 0.5) is 5.69 Å².